The van der Waals surface area contributed by atoms with E-state index in [1.807, 2.05) is 31.2 Å². The van der Waals surface area contributed by atoms with Crippen LogP contribution < -0.4 is 11.1 Å². The smallest absolute Gasteiger partial charge is 0.224 e. The molecule has 0 radical (unpaired) electrons. The Morgan fingerprint density at radius 1 is 1.40 bits per heavy atom. The van der Waals surface area contributed by atoms with Crippen molar-refractivity contribution >= 4 is 18.3 Å². The number of nitrogens with one attached hydrogen (secondary N) is 1. The van der Waals surface area contributed by atoms with E-state index >= 15 is 0 Å². The molecular weight excluding hydrogens is 278 g/mol. The molecule has 1 amide bonds. The van der Waals surface area contributed by atoms with Crippen LogP contribution in [0.3, 0.4) is 0 Å². The molecule has 1 aromatic heterocycles. The highest BCUT2D eigenvalue weighted by Crippen LogP contribution is 2.08. The Balaban J connectivity index is 0.00000200. The van der Waals surface area contributed by atoms with Crippen molar-refractivity contribution in [2.75, 3.05) is 6.54 Å². The molecule has 1 unspecified atom stereocenters. The van der Waals surface area contributed by atoms with Crippen LogP contribution in [0.1, 0.15) is 12.5 Å². The normalized spacial score (nSPS) is 11.5. The minimum Gasteiger partial charge on any atom is -0.352 e. The number of carbonyl (C=O) groups is 1. The first-order chi connectivity index (χ1) is 9.20. The Bertz CT molecular complexity index is 526. The molecule has 2 aromatic rings. The number of benzene rings is 1. The van der Waals surface area contributed by atoms with Gasteiger partial charge in [-0.1, -0.05) is 19.1 Å². The maximum absolute atomic E-state index is 11.6. The zero-order valence-electron chi connectivity index (χ0n) is 11.2. The Labute approximate surface area is 123 Å². The molecule has 1 heterocycles. The molecule has 1 atom stereocenters. The van der Waals surface area contributed by atoms with E-state index in [4.69, 9.17) is 5.73 Å². The molecule has 20 heavy (non-hydrogen) atoms. The summed E-state index contributed by atoms with van der Waals surface area (Å²) in [7, 11) is 0. The number of amides is 1. The molecule has 0 aliphatic rings. The maximum atomic E-state index is 11.6. The van der Waals surface area contributed by atoms with Gasteiger partial charge in [-0.2, -0.15) is 5.10 Å². The molecule has 0 aliphatic heterocycles. The van der Waals surface area contributed by atoms with E-state index in [1.165, 1.54) is 6.33 Å². The fourth-order valence-corrected chi connectivity index (χ4v) is 1.58. The second kappa shape index (κ2) is 7.62. The molecule has 0 saturated heterocycles. The van der Waals surface area contributed by atoms with Crippen molar-refractivity contribution in [3.8, 4) is 5.69 Å². The van der Waals surface area contributed by atoms with Crippen LogP contribution in [0.4, 0.5) is 0 Å². The fraction of sp³-hybridized carbons (Fsp3) is 0.308. The SMILES string of the molecule is CC(CN)C(=O)NCc1ccc(-n2cncn2)cc1.Cl. The van der Waals surface area contributed by atoms with E-state index in [-0.39, 0.29) is 24.2 Å². The highest BCUT2D eigenvalue weighted by atomic mass is 35.5. The van der Waals surface area contributed by atoms with E-state index in [2.05, 4.69) is 15.4 Å². The van der Waals surface area contributed by atoms with Crippen molar-refractivity contribution in [3.63, 3.8) is 0 Å². The van der Waals surface area contributed by atoms with Gasteiger partial charge in [0.25, 0.3) is 0 Å². The summed E-state index contributed by atoms with van der Waals surface area (Å²) in [5, 5.41) is 6.90. The van der Waals surface area contributed by atoms with Gasteiger partial charge in [-0.15, -0.1) is 12.4 Å². The predicted molar refractivity (Wildman–Crippen MR) is 78.7 cm³/mol. The number of hydrogen-bond acceptors (Lipinski definition) is 4. The van der Waals surface area contributed by atoms with Gasteiger partial charge >= 0.3 is 0 Å². The molecule has 0 fully saturated rings. The molecule has 0 aliphatic carbocycles. The van der Waals surface area contributed by atoms with Gasteiger partial charge in [0.15, 0.2) is 0 Å². The van der Waals surface area contributed by atoms with Crippen LogP contribution in [0.5, 0.6) is 0 Å². The summed E-state index contributed by atoms with van der Waals surface area (Å²) in [6.07, 6.45) is 3.13. The lowest BCUT2D eigenvalue weighted by Gasteiger charge is -2.10. The van der Waals surface area contributed by atoms with Crippen LogP contribution in [0.2, 0.25) is 0 Å². The summed E-state index contributed by atoms with van der Waals surface area (Å²) in [4.78, 5) is 15.5. The average Bonchev–Trinajstić information content (AvgIpc) is 2.98. The summed E-state index contributed by atoms with van der Waals surface area (Å²) >= 11 is 0. The van der Waals surface area contributed by atoms with Gasteiger partial charge in [0.2, 0.25) is 5.91 Å². The molecule has 108 valence electrons. The topological polar surface area (TPSA) is 85.8 Å². The maximum Gasteiger partial charge on any atom is 0.224 e. The van der Waals surface area contributed by atoms with Gasteiger partial charge in [-0.3, -0.25) is 4.79 Å². The van der Waals surface area contributed by atoms with Crippen molar-refractivity contribution in [2.24, 2.45) is 11.7 Å². The van der Waals surface area contributed by atoms with Crippen molar-refractivity contribution in [1.29, 1.82) is 0 Å². The molecular formula is C13H18ClN5O. The predicted octanol–water partition coefficient (Wildman–Crippen LogP) is 0.900. The first kappa shape index (κ1) is 16.1. The molecule has 0 saturated carbocycles. The molecule has 6 nitrogen and oxygen atoms in total. The summed E-state index contributed by atoms with van der Waals surface area (Å²) in [6.45, 7) is 2.67. The minimum absolute atomic E-state index is 0. The zero-order chi connectivity index (χ0) is 13.7. The summed E-state index contributed by atoms with van der Waals surface area (Å²) in [5.74, 6) is -0.183. The first-order valence-corrected chi connectivity index (χ1v) is 6.12. The number of carbonyl (C=O) groups excluding carboxylic acids is 1. The van der Waals surface area contributed by atoms with E-state index < -0.39 is 0 Å². The van der Waals surface area contributed by atoms with Gasteiger partial charge in [0, 0.05) is 19.0 Å². The summed E-state index contributed by atoms with van der Waals surface area (Å²) in [5.41, 5.74) is 7.40. The van der Waals surface area contributed by atoms with Gasteiger partial charge < -0.3 is 11.1 Å². The van der Waals surface area contributed by atoms with E-state index in [0.29, 0.717) is 13.1 Å². The largest absolute Gasteiger partial charge is 0.352 e. The number of hydrogen-bond donors (Lipinski definition) is 2. The van der Waals surface area contributed by atoms with Crippen LogP contribution in [-0.2, 0) is 11.3 Å². The van der Waals surface area contributed by atoms with Crippen molar-refractivity contribution in [3.05, 3.63) is 42.5 Å². The highest BCUT2D eigenvalue weighted by molar-refractivity contribution is 5.85. The Hall–Kier alpha value is -1.92. The minimum atomic E-state index is -0.158. The van der Waals surface area contributed by atoms with Crippen LogP contribution in [0, 0.1) is 5.92 Å². The van der Waals surface area contributed by atoms with E-state index in [0.717, 1.165) is 11.3 Å². The van der Waals surface area contributed by atoms with E-state index in [1.54, 1.807) is 11.0 Å². The third-order valence-electron chi connectivity index (χ3n) is 2.89. The van der Waals surface area contributed by atoms with Gasteiger partial charge in [0.1, 0.15) is 12.7 Å². The van der Waals surface area contributed by atoms with Gasteiger partial charge in [-0.05, 0) is 17.7 Å². The van der Waals surface area contributed by atoms with Crippen LogP contribution >= 0.6 is 12.4 Å². The van der Waals surface area contributed by atoms with E-state index in [9.17, 15) is 4.79 Å². The Morgan fingerprint density at radius 2 is 2.10 bits per heavy atom. The molecule has 1 aromatic carbocycles. The number of nitrogens with two attached hydrogens (primary N) is 1. The standard InChI is InChI=1S/C13H17N5O.ClH/c1-10(6-14)13(19)16-7-11-2-4-12(5-3-11)18-9-15-8-17-18;/h2-5,8-10H,6-7,14H2,1H3,(H,16,19);1H. The number of halogens is 1. The average molecular weight is 296 g/mol. The summed E-state index contributed by atoms with van der Waals surface area (Å²) in [6, 6.07) is 7.76. The highest BCUT2D eigenvalue weighted by Gasteiger charge is 2.09. The van der Waals surface area contributed by atoms with Crippen LogP contribution in [0.15, 0.2) is 36.9 Å². The van der Waals surface area contributed by atoms with Gasteiger partial charge in [-0.25, -0.2) is 9.67 Å². The monoisotopic (exact) mass is 295 g/mol. The molecule has 0 spiro atoms. The van der Waals surface area contributed by atoms with Crippen molar-refractivity contribution in [1.82, 2.24) is 20.1 Å². The molecule has 7 heteroatoms. The lowest BCUT2D eigenvalue weighted by atomic mass is 10.1. The zero-order valence-corrected chi connectivity index (χ0v) is 12.0. The molecule has 0 bridgehead atoms. The third kappa shape index (κ3) is 4.04. The quantitative estimate of drug-likeness (QED) is 0.858. The first-order valence-electron chi connectivity index (χ1n) is 6.12. The number of nitrogens with zero attached hydrogens (tertiary/aromatic N) is 3. The fourth-order valence-electron chi connectivity index (χ4n) is 1.58. The molecule has 3 N–H and O–H groups in total. The van der Waals surface area contributed by atoms with Crippen LogP contribution in [0.25, 0.3) is 5.69 Å². The second-order valence-electron chi connectivity index (χ2n) is 4.36. The number of aromatic nitrogens is 3. The van der Waals surface area contributed by atoms with Crippen LogP contribution in [-0.4, -0.2) is 27.2 Å². The lowest BCUT2D eigenvalue weighted by molar-refractivity contribution is -0.124. The summed E-state index contributed by atoms with van der Waals surface area (Å²) < 4.78 is 1.68. The van der Waals surface area contributed by atoms with Crippen molar-refractivity contribution in [2.45, 2.75) is 13.5 Å². The number of rotatable bonds is 5. The lowest BCUT2D eigenvalue weighted by Crippen LogP contribution is -2.32. The van der Waals surface area contributed by atoms with Crippen molar-refractivity contribution < 1.29 is 4.79 Å². The Kier molecular flexibility index (Phi) is 6.14. The Morgan fingerprint density at radius 3 is 2.65 bits per heavy atom. The molecule has 2 rings (SSSR count). The third-order valence-corrected chi connectivity index (χ3v) is 2.89. The second-order valence-corrected chi connectivity index (χ2v) is 4.36. The van der Waals surface area contributed by atoms with Gasteiger partial charge in [0.05, 0.1) is 5.69 Å².